The minimum absolute atomic E-state index is 0.0823. The van der Waals surface area contributed by atoms with Gasteiger partial charge in [-0.3, -0.25) is 4.79 Å². The van der Waals surface area contributed by atoms with Crippen molar-refractivity contribution in [1.29, 1.82) is 0 Å². The standard InChI is InChI=1S/C34H41N3O7/c1-34(30(39)17-10-18-38,20-23-11-5-4-6-12-23)37-32(40)28(19-25-21-35-27-15-8-7-14-26(25)27)36-33(41)44-22-24-13-9-16-29(42-2)31(24)43-3/h4-9,11-16,21,28,30,35,38-39H,10,17-20,22H2,1-3H3,(H,36,41)(H,37,40). The van der Waals surface area contributed by atoms with Crippen molar-refractivity contribution in [3.8, 4) is 11.5 Å². The number of hydrogen-bond acceptors (Lipinski definition) is 7. The van der Waals surface area contributed by atoms with Gasteiger partial charge >= 0.3 is 6.09 Å². The minimum Gasteiger partial charge on any atom is -0.493 e. The van der Waals surface area contributed by atoms with Gasteiger partial charge < -0.3 is 40.0 Å². The number of carbonyl (C=O) groups is 2. The molecule has 0 aliphatic carbocycles. The van der Waals surface area contributed by atoms with Crippen LogP contribution in [0.2, 0.25) is 0 Å². The maximum Gasteiger partial charge on any atom is 0.408 e. The highest BCUT2D eigenvalue weighted by atomic mass is 16.6. The van der Waals surface area contributed by atoms with Crippen LogP contribution in [0.15, 0.2) is 79.0 Å². The van der Waals surface area contributed by atoms with Gasteiger partial charge in [-0.25, -0.2) is 4.79 Å². The fraction of sp³-hybridized carbons (Fsp3) is 0.353. The Hall–Kier alpha value is -4.54. The number of carbonyl (C=O) groups excluding carboxylic acids is 2. The van der Waals surface area contributed by atoms with Crippen LogP contribution >= 0.6 is 0 Å². The summed E-state index contributed by atoms with van der Waals surface area (Å²) in [5, 5.41) is 27.3. The zero-order valence-corrected chi connectivity index (χ0v) is 25.3. The largest absolute Gasteiger partial charge is 0.493 e. The Balaban J connectivity index is 1.57. The predicted octanol–water partition coefficient (Wildman–Crippen LogP) is 4.27. The van der Waals surface area contributed by atoms with Gasteiger partial charge in [0.05, 0.1) is 25.9 Å². The third-order valence-corrected chi connectivity index (χ3v) is 7.74. The van der Waals surface area contributed by atoms with Crippen LogP contribution in [0.3, 0.4) is 0 Å². The number of aromatic nitrogens is 1. The number of benzene rings is 3. The van der Waals surface area contributed by atoms with Crippen molar-refractivity contribution in [2.24, 2.45) is 0 Å². The molecule has 1 heterocycles. The van der Waals surface area contributed by atoms with E-state index in [4.69, 9.17) is 14.2 Å². The average Bonchev–Trinajstić information content (AvgIpc) is 3.44. The molecule has 3 unspecified atom stereocenters. The number of H-pyrrole nitrogens is 1. The zero-order valence-electron chi connectivity index (χ0n) is 25.3. The molecule has 0 bridgehead atoms. The molecule has 4 aromatic rings. The number of fused-ring (bicyclic) bond motifs is 1. The summed E-state index contributed by atoms with van der Waals surface area (Å²) in [4.78, 5) is 30.3. The summed E-state index contributed by atoms with van der Waals surface area (Å²) in [6.45, 7) is 1.58. The monoisotopic (exact) mass is 603 g/mol. The van der Waals surface area contributed by atoms with Gasteiger partial charge in [0.2, 0.25) is 5.91 Å². The highest BCUT2D eigenvalue weighted by molar-refractivity contribution is 5.88. The third-order valence-electron chi connectivity index (χ3n) is 7.74. The molecule has 4 rings (SSSR count). The van der Waals surface area contributed by atoms with Crippen LogP contribution in [0.25, 0.3) is 10.9 Å². The van der Waals surface area contributed by atoms with Gasteiger partial charge in [-0.05, 0) is 49.4 Å². The summed E-state index contributed by atoms with van der Waals surface area (Å²) in [6.07, 6.45) is 1.23. The van der Waals surface area contributed by atoms with E-state index in [9.17, 15) is 19.8 Å². The van der Waals surface area contributed by atoms with Gasteiger partial charge in [-0.2, -0.15) is 0 Å². The molecule has 10 nitrogen and oxygen atoms in total. The number of methoxy groups -OCH3 is 2. The SMILES string of the molecule is COc1cccc(COC(=O)NC(Cc2c[nH]c3ccccc23)C(=O)NC(C)(Cc2ccccc2)C(O)CCCO)c1OC. The lowest BCUT2D eigenvalue weighted by molar-refractivity contribution is -0.126. The van der Waals surface area contributed by atoms with Crippen molar-refractivity contribution in [2.45, 2.75) is 56.9 Å². The first-order valence-electron chi connectivity index (χ1n) is 14.6. The number of rotatable bonds is 15. The van der Waals surface area contributed by atoms with Crippen LogP contribution in [-0.2, 0) is 29.0 Å². The molecule has 5 N–H and O–H groups in total. The first-order chi connectivity index (χ1) is 21.3. The summed E-state index contributed by atoms with van der Waals surface area (Å²) in [5.74, 6) is 0.472. The first-order valence-corrected chi connectivity index (χ1v) is 14.6. The van der Waals surface area contributed by atoms with Crippen molar-refractivity contribution in [1.82, 2.24) is 15.6 Å². The van der Waals surface area contributed by atoms with Crippen LogP contribution in [0.1, 0.15) is 36.5 Å². The second kappa shape index (κ2) is 15.3. The van der Waals surface area contributed by atoms with E-state index in [2.05, 4.69) is 15.6 Å². The molecule has 44 heavy (non-hydrogen) atoms. The molecule has 10 heteroatoms. The lowest BCUT2D eigenvalue weighted by Gasteiger charge is -2.37. The van der Waals surface area contributed by atoms with Crippen molar-refractivity contribution >= 4 is 22.9 Å². The fourth-order valence-corrected chi connectivity index (χ4v) is 5.36. The number of alkyl carbamates (subject to hydrolysis) is 1. The molecule has 0 saturated heterocycles. The highest BCUT2D eigenvalue weighted by Gasteiger charge is 2.37. The maximum atomic E-state index is 14.0. The molecule has 0 aliphatic rings. The van der Waals surface area contributed by atoms with E-state index in [1.807, 2.05) is 60.8 Å². The van der Waals surface area contributed by atoms with Gasteiger partial charge in [0.1, 0.15) is 12.6 Å². The first kappa shape index (κ1) is 32.4. The topological polar surface area (TPSA) is 142 Å². The Morgan fingerprint density at radius 2 is 1.70 bits per heavy atom. The molecule has 3 atom stereocenters. The van der Waals surface area contributed by atoms with Gasteiger partial charge in [0.15, 0.2) is 11.5 Å². The molecule has 234 valence electrons. The lowest BCUT2D eigenvalue weighted by Crippen LogP contribution is -2.60. The molecule has 3 aromatic carbocycles. The smallest absolute Gasteiger partial charge is 0.408 e. The van der Waals surface area contributed by atoms with E-state index in [1.165, 1.54) is 14.2 Å². The van der Waals surface area contributed by atoms with Crippen molar-refractivity contribution in [3.05, 3.63) is 95.7 Å². The number of nitrogens with one attached hydrogen (secondary N) is 3. The summed E-state index contributed by atoms with van der Waals surface area (Å²) in [6, 6.07) is 21.5. The average molecular weight is 604 g/mol. The molecular formula is C34H41N3O7. The van der Waals surface area contributed by atoms with E-state index in [1.54, 1.807) is 25.1 Å². The molecule has 0 spiro atoms. The van der Waals surface area contributed by atoms with Gasteiger partial charge in [-0.15, -0.1) is 0 Å². The Morgan fingerprint density at radius 3 is 2.43 bits per heavy atom. The molecule has 0 fully saturated rings. The summed E-state index contributed by atoms with van der Waals surface area (Å²) in [5.41, 5.74) is 2.17. The summed E-state index contributed by atoms with van der Waals surface area (Å²) < 4.78 is 16.3. The fourth-order valence-electron chi connectivity index (χ4n) is 5.36. The minimum atomic E-state index is -1.09. The van der Waals surface area contributed by atoms with Crippen LogP contribution in [-0.4, -0.2) is 65.7 Å². The van der Waals surface area contributed by atoms with E-state index in [0.717, 1.165) is 22.0 Å². The quantitative estimate of drug-likeness (QED) is 0.137. The maximum absolute atomic E-state index is 14.0. The van der Waals surface area contributed by atoms with E-state index in [-0.39, 0.29) is 26.1 Å². The van der Waals surface area contributed by atoms with Gasteiger partial charge in [0, 0.05) is 35.7 Å². The van der Waals surface area contributed by atoms with Gasteiger partial charge in [-0.1, -0.05) is 60.7 Å². The van der Waals surface area contributed by atoms with E-state index in [0.29, 0.717) is 29.9 Å². The Bertz CT molecular complexity index is 1520. The predicted molar refractivity (Wildman–Crippen MR) is 168 cm³/mol. The second-order valence-corrected chi connectivity index (χ2v) is 10.9. The van der Waals surface area contributed by atoms with Gasteiger partial charge in [0.25, 0.3) is 0 Å². The number of amides is 2. The lowest BCUT2D eigenvalue weighted by atomic mass is 9.84. The molecular weight excluding hydrogens is 562 g/mol. The summed E-state index contributed by atoms with van der Waals surface area (Å²) >= 11 is 0. The Labute approximate surface area is 257 Å². The Morgan fingerprint density at radius 1 is 0.955 bits per heavy atom. The zero-order chi connectivity index (χ0) is 31.5. The highest BCUT2D eigenvalue weighted by Crippen LogP contribution is 2.31. The number of aromatic amines is 1. The normalized spacial score (nSPS) is 13.8. The number of ether oxygens (including phenoxy) is 3. The molecule has 0 saturated carbocycles. The molecule has 0 aliphatic heterocycles. The number of hydrogen-bond donors (Lipinski definition) is 5. The van der Waals surface area contributed by atoms with Crippen LogP contribution in [0.4, 0.5) is 4.79 Å². The van der Waals surface area contributed by atoms with Crippen molar-refractivity contribution in [2.75, 3.05) is 20.8 Å². The van der Waals surface area contributed by atoms with E-state index < -0.39 is 29.7 Å². The van der Waals surface area contributed by atoms with Crippen LogP contribution in [0, 0.1) is 0 Å². The molecule has 1 aromatic heterocycles. The Kier molecular flexibility index (Phi) is 11.2. The van der Waals surface area contributed by atoms with Crippen LogP contribution < -0.4 is 20.1 Å². The molecule has 0 radical (unpaired) electrons. The summed E-state index contributed by atoms with van der Waals surface area (Å²) in [7, 11) is 3.03. The van der Waals surface area contributed by atoms with E-state index >= 15 is 0 Å². The number of para-hydroxylation sites is 2. The number of aliphatic hydroxyl groups is 2. The molecule has 2 amide bonds. The second-order valence-electron chi connectivity index (χ2n) is 10.9. The van der Waals surface area contributed by atoms with Crippen LogP contribution in [0.5, 0.6) is 11.5 Å². The third kappa shape index (κ3) is 8.09. The number of aliphatic hydroxyl groups excluding tert-OH is 2. The van der Waals surface area contributed by atoms with Crippen molar-refractivity contribution < 1.29 is 34.0 Å². The van der Waals surface area contributed by atoms with Crippen molar-refractivity contribution in [3.63, 3.8) is 0 Å².